The van der Waals surface area contributed by atoms with E-state index >= 15 is 0 Å². The van der Waals surface area contributed by atoms with Crippen molar-refractivity contribution in [3.05, 3.63) is 52.4 Å². The van der Waals surface area contributed by atoms with Crippen molar-refractivity contribution in [2.75, 3.05) is 7.11 Å². The zero-order chi connectivity index (χ0) is 16.8. The van der Waals surface area contributed by atoms with Gasteiger partial charge in [-0.2, -0.15) is 0 Å². The van der Waals surface area contributed by atoms with Gasteiger partial charge in [0.25, 0.3) is 5.91 Å². The van der Waals surface area contributed by atoms with E-state index in [1.165, 1.54) is 20.3 Å². The summed E-state index contributed by atoms with van der Waals surface area (Å²) in [6.45, 7) is 1.74. The van der Waals surface area contributed by atoms with Crippen LogP contribution in [0.15, 0.2) is 45.5 Å². The van der Waals surface area contributed by atoms with Gasteiger partial charge in [-0.15, -0.1) is 0 Å². The molecular formula is C16H16BrNO5. The lowest BCUT2D eigenvalue weighted by atomic mass is 10.2. The minimum absolute atomic E-state index is 0.233. The highest BCUT2D eigenvalue weighted by atomic mass is 79.9. The van der Waals surface area contributed by atoms with Crippen LogP contribution >= 0.6 is 15.9 Å². The van der Waals surface area contributed by atoms with Gasteiger partial charge in [0.15, 0.2) is 6.10 Å². The zero-order valence-corrected chi connectivity index (χ0v) is 14.3. The Hall–Kier alpha value is -2.28. The van der Waals surface area contributed by atoms with Crippen molar-refractivity contribution in [3.8, 4) is 5.75 Å². The highest BCUT2D eigenvalue weighted by Gasteiger charge is 2.21. The minimum atomic E-state index is -0.935. The van der Waals surface area contributed by atoms with Crippen molar-refractivity contribution in [2.24, 2.45) is 0 Å². The Morgan fingerprint density at radius 3 is 2.78 bits per heavy atom. The SMILES string of the molecule is COc1ccc(Br)c(C(=O)OC(C)C(=O)NCc2ccco2)c1. The first-order chi connectivity index (χ1) is 11.0. The molecule has 0 radical (unpaired) electrons. The molecule has 1 amide bonds. The van der Waals surface area contributed by atoms with Gasteiger partial charge in [-0.25, -0.2) is 4.79 Å². The number of carbonyl (C=O) groups excluding carboxylic acids is 2. The summed E-state index contributed by atoms with van der Waals surface area (Å²) < 4.78 is 15.9. The summed E-state index contributed by atoms with van der Waals surface area (Å²) in [5, 5.41) is 2.63. The molecule has 122 valence electrons. The minimum Gasteiger partial charge on any atom is -0.497 e. The highest BCUT2D eigenvalue weighted by molar-refractivity contribution is 9.10. The predicted molar refractivity (Wildman–Crippen MR) is 86.1 cm³/mol. The van der Waals surface area contributed by atoms with Crippen molar-refractivity contribution in [1.29, 1.82) is 0 Å². The smallest absolute Gasteiger partial charge is 0.340 e. The van der Waals surface area contributed by atoms with Crippen LogP contribution in [0, 0.1) is 0 Å². The van der Waals surface area contributed by atoms with Crippen molar-refractivity contribution in [3.63, 3.8) is 0 Å². The molecular weight excluding hydrogens is 366 g/mol. The molecule has 23 heavy (non-hydrogen) atoms. The van der Waals surface area contributed by atoms with Crippen molar-refractivity contribution < 1.29 is 23.5 Å². The van der Waals surface area contributed by atoms with Crippen LogP contribution in [-0.2, 0) is 16.1 Å². The van der Waals surface area contributed by atoms with E-state index in [-0.39, 0.29) is 12.1 Å². The van der Waals surface area contributed by atoms with E-state index in [0.29, 0.717) is 16.0 Å². The van der Waals surface area contributed by atoms with Gasteiger partial charge in [0.05, 0.1) is 25.5 Å². The van der Waals surface area contributed by atoms with Crippen LogP contribution < -0.4 is 10.1 Å². The number of ether oxygens (including phenoxy) is 2. The van der Waals surface area contributed by atoms with Gasteiger partial charge in [0.2, 0.25) is 0 Å². The van der Waals surface area contributed by atoms with Gasteiger partial charge in [-0.3, -0.25) is 4.79 Å². The second kappa shape index (κ2) is 7.82. The molecule has 1 aromatic heterocycles. The highest BCUT2D eigenvalue weighted by Crippen LogP contribution is 2.23. The monoisotopic (exact) mass is 381 g/mol. The number of nitrogens with one attached hydrogen (secondary N) is 1. The zero-order valence-electron chi connectivity index (χ0n) is 12.7. The fourth-order valence-corrected chi connectivity index (χ4v) is 2.20. The molecule has 0 spiro atoms. The molecule has 1 atom stereocenters. The Morgan fingerprint density at radius 2 is 2.13 bits per heavy atom. The van der Waals surface area contributed by atoms with Crippen LogP contribution in [-0.4, -0.2) is 25.1 Å². The summed E-state index contributed by atoms with van der Waals surface area (Å²) in [6.07, 6.45) is 0.584. The Morgan fingerprint density at radius 1 is 1.35 bits per heavy atom. The Kier molecular flexibility index (Phi) is 5.81. The van der Waals surface area contributed by atoms with E-state index in [4.69, 9.17) is 13.9 Å². The van der Waals surface area contributed by atoms with Crippen LogP contribution in [0.5, 0.6) is 5.75 Å². The molecule has 1 aromatic carbocycles. The lowest BCUT2D eigenvalue weighted by molar-refractivity contribution is -0.129. The van der Waals surface area contributed by atoms with E-state index in [0.717, 1.165) is 0 Å². The Balaban J connectivity index is 1.94. The quantitative estimate of drug-likeness (QED) is 0.778. The summed E-state index contributed by atoms with van der Waals surface area (Å²) in [5.41, 5.74) is 0.287. The van der Waals surface area contributed by atoms with Gasteiger partial charge in [-0.05, 0) is 53.2 Å². The molecule has 2 rings (SSSR count). The average molecular weight is 382 g/mol. The largest absolute Gasteiger partial charge is 0.497 e. The molecule has 2 aromatic rings. The van der Waals surface area contributed by atoms with Crippen LogP contribution in [0.1, 0.15) is 23.0 Å². The first-order valence-corrected chi connectivity index (χ1v) is 7.65. The molecule has 0 aliphatic rings. The number of furan rings is 1. The molecule has 1 unspecified atom stereocenters. The van der Waals surface area contributed by atoms with Crippen molar-refractivity contribution >= 4 is 27.8 Å². The van der Waals surface area contributed by atoms with Gasteiger partial charge < -0.3 is 19.2 Å². The van der Waals surface area contributed by atoms with Crippen molar-refractivity contribution in [1.82, 2.24) is 5.32 Å². The topological polar surface area (TPSA) is 77.8 Å². The third-order valence-electron chi connectivity index (χ3n) is 3.06. The number of amides is 1. The molecule has 0 aliphatic heterocycles. The van der Waals surface area contributed by atoms with Crippen LogP contribution in [0.2, 0.25) is 0 Å². The standard InChI is InChI=1S/C16H16BrNO5/c1-10(15(19)18-9-12-4-3-7-22-12)23-16(20)13-8-11(21-2)5-6-14(13)17/h3-8,10H,9H2,1-2H3,(H,18,19). The van der Waals surface area contributed by atoms with Gasteiger partial charge in [0, 0.05) is 4.47 Å². The van der Waals surface area contributed by atoms with E-state index in [9.17, 15) is 9.59 Å². The van der Waals surface area contributed by atoms with Gasteiger partial charge in [-0.1, -0.05) is 0 Å². The Bertz CT molecular complexity index is 684. The third kappa shape index (κ3) is 4.59. The number of hydrogen-bond acceptors (Lipinski definition) is 5. The van der Waals surface area contributed by atoms with E-state index < -0.39 is 18.0 Å². The molecule has 0 saturated carbocycles. The molecule has 0 aliphatic carbocycles. The summed E-state index contributed by atoms with van der Waals surface area (Å²) in [4.78, 5) is 24.1. The van der Waals surface area contributed by atoms with Crippen LogP contribution in [0.3, 0.4) is 0 Å². The average Bonchev–Trinajstić information content (AvgIpc) is 3.06. The second-order valence-corrected chi connectivity index (χ2v) is 5.54. The number of methoxy groups -OCH3 is 1. The lowest BCUT2D eigenvalue weighted by Crippen LogP contribution is -2.35. The summed E-state index contributed by atoms with van der Waals surface area (Å²) in [6, 6.07) is 8.40. The molecule has 0 bridgehead atoms. The molecule has 0 saturated heterocycles. The summed E-state index contributed by atoms with van der Waals surface area (Å²) >= 11 is 3.27. The predicted octanol–water partition coefficient (Wildman–Crippen LogP) is 2.91. The summed E-state index contributed by atoms with van der Waals surface area (Å²) in [5.74, 6) is 0.118. The number of halogens is 1. The number of carbonyl (C=O) groups is 2. The van der Waals surface area contributed by atoms with Crippen molar-refractivity contribution in [2.45, 2.75) is 19.6 Å². The van der Waals surface area contributed by atoms with Crippen LogP contribution in [0.4, 0.5) is 0 Å². The molecule has 0 fully saturated rings. The maximum Gasteiger partial charge on any atom is 0.340 e. The number of hydrogen-bond donors (Lipinski definition) is 1. The molecule has 1 N–H and O–H groups in total. The maximum absolute atomic E-state index is 12.2. The Labute approximate surface area is 141 Å². The van der Waals surface area contributed by atoms with Crippen LogP contribution in [0.25, 0.3) is 0 Å². The van der Waals surface area contributed by atoms with E-state index in [2.05, 4.69) is 21.2 Å². The lowest BCUT2D eigenvalue weighted by Gasteiger charge is -2.14. The second-order valence-electron chi connectivity index (χ2n) is 4.69. The van der Waals surface area contributed by atoms with Gasteiger partial charge >= 0.3 is 5.97 Å². The number of benzene rings is 1. The first-order valence-electron chi connectivity index (χ1n) is 6.86. The fraction of sp³-hybridized carbons (Fsp3) is 0.250. The third-order valence-corrected chi connectivity index (χ3v) is 3.75. The molecule has 6 nitrogen and oxygen atoms in total. The fourth-order valence-electron chi connectivity index (χ4n) is 1.80. The molecule has 1 heterocycles. The summed E-state index contributed by atoms with van der Waals surface area (Å²) in [7, 11) is 1.50. The normalized spacial score (nSPS) is 11.6. The van der Waals surface area contributed by atoms with E-state index in [1.807, 2.05) is 0 Å². The molecule has 7 heteroatoms. The first kappa shape index (κ1) is 17.1. The van der Waals surface area contributed by atoms with Gasteiger partial charge in [0.1, 0.15) is 11.5 Å². The maximum atomic E-state index is 12.2. The van der Waals surface area contributed by atoms with E-state index in [1.54, 1.807) is 30.3 Å². The number of rotatable bonds is 6. The number of esters is 1.